The molecule has 106 valence electrons. The normalized spacial score (nSPS) is 13.3. The zero-order chi connectivity index (χ0) is 14.6. The van der Waals surface area contributed by atoms with E-state index >= 15 is 0 Å². The monoisotopic (exact) mass is 286 g/mol. The van der Waals surface area contributed by atoms with Crippen LogP contribution in [-0.2, 0) is 23.8 Å². The molecular formula is C13H18O5S. The Morgan fingerprint density at radius 2 is 1.58 bits per heavy atom. The van der Waals surface area contributed by atoms with Gasteiger partial charge in [-0.15, -0.1) is 0 Å². The summed E-state index contributed by atoms with van der Waals surface area (Å²) in [5, 5.41) is 0. The molecule has 0 aliphatic carbocycles. The summed E-state index contributed by atoms with van der Waals surface area (Å²) in [5.74, 6) is -0.399. The molecule has 0 aliphatic rings. The number of hydrogen-bond donors (Lipinski definition) is 0. The van der Waals surface area contributed by atoms with Gasteiger partial charge >= 0.3 is 5.97 Å². The van der Waals surface area contributed by atoms with Crippen molar-refractivity contribution in [2.75, 3.05) is 13.4 Å². The second-order valence-corrected chi connectivity index (χ2v) is 6.13. The number of rotatable bonds is 5. The van der Waals surface area contributed by atoms with E-state index < -0.39 is 22.2 Å². The van der Waals surface area contributed by atoms with E-state index in [0.29, 0.717) is 11.5 Å². The molecule has 1 atom stereocenters. The molecule has 1 rings (SSSR count). The van der Waals surface area contributed by atoms with Gasteiger partial charge in [-0.3, -0.25) is 4.18 Å². The Labute approximate surface area is 113 Å². The van der Waals surface area contributed by atoms with Crippen LogP contribution < -0.4 is 0 Å². The summed E-state index contributed by atoms with van der Waals surface area (Å²) >= 11 is 0. The van der Waals surface area contributed by atoms with E-state index in [2.05, 4.69) is 4.74 Å². The predicted molar refractivity (Wildman–Crippen MR) is 71.2 cm³/mol. The predicted octanol–water partition coefficient (Wildman–Crippen LogP) is 2.00. The molecule has 1 aromatic carbocycles. The largest absolute Gasteiger partial charge is 0.467 e. The molecule has 6 heteroatoms. The molecule has 0 radical (unpaired) electrons. The van der Waals surface area contributed by atoms with Crippen molar-refractivity contribution in [3.05, 3.63) is 35.4 Å². The molecule has 0 unspecified atom stereocenters. The summed E-state index contributed by atoms with van der Waals surface area (Å²) in [6, 6.07) is 7.01. The fraction of sp³-hybridized carbons (Fsp3) is 0.462. The van der Waals surface area contributed by atoms with Crippen LogP contribution in [-0.4, -0.2) is 27.8 Å². The smallest absolute Gasteiger partial charge is 0.341 e. The highest BCUT2D eigenvalue weighted by Gasteiger charge is 2.26. The third-order valence-corrected chi connectivity index (χ3v) is 3.13. The van der Waals surface area contributed by atoms with Gasteiger partial charge in [0.2, 0.25) is 0 Å². The van der Waals surface area contributed by atoms with Gasteiger partial charge in [0.15, 0.2) is 6.10 Å². The first kappa shape index (κ1) is 15.7. The molecule has 0 saturated carbocycles. The lowest BCUT2D eigenvalue weighted by atomic mass is 10.00. The van der Waals surface area contributed by atoms with Crippen LogP contribution in [0.25, 0.3) is 0 Å². The molecule has 0 N–H and O–H groups in total. The van der Waals surface area contributed by atoms with Crippen LogP contribution in [0.15, 0.2) is 24.3 Å². The Balaban J connectivity index is 3.07. The number of methoxy groups -OCH3 is 1. The minimum Gasteiger partial charge on any atom is -0.467 e. The molecule has 0 bridgehead atoms. The van der Waals surface area contributed by atoms with Crippen LogP contribution >= 0.6 is 0 Å². The van der Waals surface area contributed by atoms with Gasteiger partial charge in [-0.1, -0.05) is 38.1 Å². The van der Waals surface area contributed by atoms with Gasteiger partial charge in [0.1, 0.15) is 0 Å². The van der Waals surface area contributed by atoms with Crippen LogP contribution in [0.2, 0.25) is 0 Å². The number of benzene rings is 1. The highest BCUT2D eigenvalue weighted by molar-refractivity contribution is 7.86. The van der Waals surface area contributed by atoms with Crippen molar-refractivity contribution in [3.8, 4) is 0 Å². The molecule has 0 fully saturated rings. The average molecular weight is 286 g/mol. The Hall–Kier alpha value is -1.40. The van der Waals surface area contributed by atoms with Crippen molar-refractivity contribution >= 4 is 16.1 Å². The molecule has 19 heavy (non-hydrogen) atoms. The highest BCUT2D eigenvalue weighted by Crippen LogP contribution is 2.23. The maximum absolute atomic E-state index is 11.6. The number of hydrogen-bond acceptors (Lipinski definition) is 5. The molecule has 0 aliphatic heterocycles. The van der Waals surface area contributed by atoms with Gasteiger partial charge in [-0.2, -0.15) is 8.42 Å². The minimum atomic E-state index is -3.75. The van der Waals surface area contributed by atoms with Crippen LogP contribution in [0, 0.1) is 0 Å². The number of carbonyl (C=O) groups excluding carboxylic acids is 1. The number of esters is 1. The zero-order valence-electron chi connectivity index (χ0n) is 11.4. The summed E-state index contributed by atoms with van der Waals surface area (Å²) in [4.78, 5) is 11.6. The lowest BCUT2D eigenvalue weighted by molar-refractivity contribution is -0.149. The van der Waals surface area contributed by atoms with Crippen molar-refractivity contribution in [2.24, 2.45) is 0 Å². The fourth-order valence-electron chi connectivity index (χ4n) is 1.57. The van der Waals surface area contributed by atoms with Gasteiger partial charge in [-0.25, -0.2) is 4.79 Å². The Kier molecular flexibility index (Phi) is 5.08. The van der Waals surface area contributed by atoms with Gasteiger partial charge in [0, 0.05) is 0 Å². The maximum Gasteiger partial charge on any atom is 0.341 e. The van der Waals surface area contributed by atoms with Gasteiger partial charge < -0.3 is 4.74 Å². The second kappa shape index (κ2) is 6.16. The second-order valence-electron chi connectivity index (χ2n) is 4.52. The summed E-state index contributed by atoms with van der Waals surface area (Å²) < 4.78 is 31.7. The standard InChI is InChI=1S/C13H18O5S/c1-9(2)10-5-7-11(8-6-10)12(13(14)17-3)18-19(4,15)16/h5-9,12H,1-4H3/t12-/m0/s1. The summed E-state index contributed by atoms with van der Waals surface area (Å²) in [6.45, 7) is 4.08. The maximum atomic E-state index is 11.6. The topological polar surface area (TPSA) is 69.7 Å². The number of ether oxygens (including phenoxy) is 1. The summed E-state index contributed by atoms with van der Waals surface area (Å²) in [5.41, 5.74) is 1.54. The molecule has 0 spiro atoms. The van der Waals surface area contributed by atoms with Crippen molar-refractivity contribution in [1.29, 1.82) is 0 Å². The molecule has 0 saturated heterocycles. The third kappa shape index (κ3) is 4.65. The van der Waals surface area contributed by atoms with Crippen molar-refractivity contribution in [3.63, 3.8) is 0 Å². The first-order chi connectivity index (χ1) is 8.74. The Morgan fingerprint density at radius 1 is 1.11 bits per heavy atom. The fourth-order valence-corrected chi connectivity index (χ4v) is 2.11. The Morgan fingerprint density at radius 3 is 1.95 bits per heavy atom. The van der Waals surface area contributed by atoms with Crippen LogP contribution in [0.4, 0.5) is 0 Å². The van der Waals surface area contributed by atoms with Crippen molar-refractivity contribution < 1.29 is 22.1 Å². The zero-order valence-corrected chi connectivity index (χ0v) is 12.2. The van der Waals surface area contributed by atoms with Gasteiger partial charge in [-0.05, 0) is 17.0 Å². The first-order valence-electron chi connectivity index (χ1n) is 5.80. The Bertz CT molecular complexity index is 531. The lowest BCUT2D eigenvalue weighted by Crippen LogP contribution is -2.20. The lowest BCUT2D eigenvalue weighted by Gasteiger charge is -2.15. The summed E-state index contributed by atoms with van der Waals surface area (Å²) in [7, 11) is -2.57. The number of carbonyl (C=O) groups is 1. The average Bonchev–Trinajstić information content (AvgIpc) is 2.34. The van der Waals surface area contributed by atoms with Crippen molar-refractivity contribution in [1.82, 2.24) is 0 Å². The summed E-state index contributed by atoms with van der Waals surface area (Å²) in [6.07, 6.45) is -0.368. The molecule has 0 amide bonds. The third-order valence-electron chi connectivity index (χ3n) is 2.59. The van der Waals surface area contributed by atoms with Crippen molar-refractivity contribution in [2.45, 2.75) is 25.9 Å². The van der Waals surface area contributed by atoms with E-state index in [9.17, 15) is 13.2 Å². The first-order valence-corrected chi connectivity index (χ1v) is 7.62. The molecular weight excluding hydrogens is 268 g/mol. The molecule has 5 nitrogen and oxygen atoms in total. The SMILES string of the molecule is COC(=O)[C@@H](OS(C)(=O)=O)c1ccc(C(C)C)cc1. The van der Waals surface area contributed by atoms with Crippen LogP contribution in [0.1, 0.15) is 37.0 Å². The highest BCUT2D eigenvalue weighted by atomic mass is 32.2. The van der Waals surface area contributed by atoms with Crippen LogP contribution in [0.5, 0.6) is 0 Å². The van der Waals surface area contributed by atoms with E-state index in [-0.39, 0.29) is 0 Å². The quantitative estimate of drug-likeness (QED) is 0.611. The van der Waals surface area contributed by atoms with E-state index in [1.165, 1.54) is 7.11 Å². The molecule has 0 aromatic heterocycles. The molecule has 1 aromatic rings. The van der Waals surface area contributed by atoms with E-state index in [0.717, 1.165) is 11.8 Å². The van der Waals surface area contributed by atoms with Gasteiger partial charge in [0.05, 0.1) is 13.4 Å². The molecule has 0 heterocycles. The van der Waals surface area contributed by atoms with Crippen LogP contribution in [0.3, 0.4) is 0 Å². The van der Waals surface area contributed by atoms with Gasteiger partial charge in [0.25, 0.3) is 10.1 Å². The van der Waals surface area contributed by atoms with E-state index in [1.807, 2.05) is 26.0 Å². The van der Waals surface area contributed by atoms with E-state index in [1.54, 1.807) is 12.1 Å². The van der Waals surface area contributed by atoms with E-state index in [4.69, 9.17) is 4.18 Å². The minimum absolute atomic E-state index is 0.349.